The molecule has 0 unspecified atom stereocenters. The van der Waals surface area contributed by atoms with Gasteiger partial charge in [0.25, 0.3) is 0 Å². The van der Waals surface area contributed by atoms with E-state index in [1.165, 1.54) is 9.80 Å². The van der Waals surface area contributed by atoms with E-state index in [2.05, 4.69) is 5.32 Å². The number of para-hydroxylation sites is 2. The van der Waals surface area contributed by atoms with Gasteiger partial charge in [-0.1, -0.05) is 96.0 Å². The van der Waals surface area contributed by atoms with Crippen molar-refractivity contribution in [2.45, 2.75) is 24.2 Å². The second-order valence-electron chi connectivity index (χ2n) is 14.8. The van der Waals surface area contributed by atoms with Gasteiger partial charge in [0.1, 0.15) is 12.4 Å². The van der Waals surface area contributed by atoms with Gasteiger partial charge in [0.05, 0.1) is 41.2 Å². The maximum Gasteiger partial charge on any atom is 0.246 e. The lowest BCUT2D eigenvalue weighted by atomic mass is 9.49. The van der Waals surface area contributed by atoms with E-state index in [0.29, 0.717) is 33.3 Å². The predicted octanol–water partition coefficient (Wildman–Crippen LogP) is 7.82. The molecule has 56 heavy (non-hydrogen) atoms. The lowest BCUT2D eigenvalue weighted by molar-refractivity contribution is -0.127. The maximum atomic E-state index is 15.5. The molecule has 2 aliphatic heterocycles. The second kappa shape index (κ2) is 14.2. The number of fused-ring (bicyclic) bond motifs is 4. The van der Waals surface area contributed by atoms with Crippen LogP contribution in [0.5, 0.6) is 5.75 Å². The summed E-state index contributed by atoms with van der Waals surface area (Å²) >= 11 is 6.44. The smallest absolute Gasteiger partial charge is 0.246 e. The number of anilines is 4. The summed E-state index contributed by atoms with van der Waals surface area (Å²) in [4.78, 5) is 62.2. The van der Waals surface area contributed by atoms with E-state index >= 15 is 9.59 Å². The zero-order valence-corrected chi connectivity index (χ0v) is 31.0. The average molecular weight is 764 g/mol. The lowest BCUT2D eigenvalue weighted by Gasteiger charge is -2.51. The first-order valence-corrected chi connectivity index (χ1v) is 19.2. The fourth-order valence-corrected chi connectivity index (χ4v) is 9.92. The zero-order valence-electron chi connectivity index (χ0n) is 30.3. The molecule has 9 rings (SSSR count). The number of nitrogens with zero attached hydrogens (tertiary/aromatic N) is 2. The molecule has 3 fully saturated rings. The van der Waals surface area contributed by atoms with Gasteiger partial charge in [-0.2, -0.15) is 0 Å². The highest BCUT2D eigenvalue weighted by Gasteiger charge is 2.70. The molecule has 4 amide bonds. The molecular weight excluding hydrogens is 726 g/mol. The van der Waals surface area contributed by atoms with E-state index in [-0.39, 0.29) is 37.9 Å². The molecule has 5 aromatic carbocycles. The van der Waals surface area contributed by atoms with Crippen LogP contribution in [-0.2, 0) is 24.6 Å². The van der Waals surface area contributed by atoms with Gasteiger partial charge in [-0.25, -0.2) is 4.90 Å². The number of rotatable bonds is 9. The Labute approximate surface area is 329 Å². The molecule has 0 radical (unpaired) electrons. The third-order valence-electron chi connectivity index (χ3n) is 11.9. The lowest BCUT2D eigenvalue weighted by Crippen LogP contribution is -2.53. The first kappa shape index (κ1) is 35.7. The normalized spacial score (nSPS) is 25.4. The summed E-state index contributed by atoms with van der Waals surface area (Å²) < 4.78 is 6.15. The highest BCUT2D eigenvalue weighted by Crippen LogP contribution is 2.65. The average Bonchev–Trinajstić information content (AvgIpc) is 3.62. The van der Waals surface area contributed by atoms with E-state index in [9.17, 15) is 14.7 Å². The van der Waals surface area contributed by atoms with Crippen molar-refractivity contribution in [1.29, 1.82) is 0 Å². The highest BCUT2D eigenvalue weighted by atomic mass is 35.5. The first-order chi connectivity index (χ1) is 27.3. The Hall–Kier alpha value is -6.03. The number of hydrogen-bond acceptors (Lipinski definition) is 7. The van der Waals surface area contributed by atoms with Gasteiger partial charge in [-0.15, -0.1) is 0 Å². The van der Waals surface area contributed by atoms with Gasteiger partial charge in [0.2, 0.25) is 23.6 Å². The summed E-state index contributed by atoms with van der Waals surface area (Å²) in [5.74, 6) is -4.53. The summed E-state index contributed by atoms with van der Waals surface area (Å²) in [7, 11) is 0. The Kier molecular flexibility index (Phi) is 9.06. The van der Waals surface area contributed by atoms with Crippen molar-refractivity contribution in [2.24, 2.45) is 23.7 Å². The summed E-state index contributed by atoms with van der Waals surface area (Å²) in [5.41, 5.74) is 3.26. The van der Waals surface area contributed by atoms with E-state index < -0.39 is 46.8 Å². The van der Waals surface area contributed by atoms with Crippen molar-refractivity contribution in [3.8, 4) is 5.75 Å². The van der Waals surface area contributed by atoms with Gasteiger partial charge in [-0.05, 0) is 85.0 Å². The van der Waals surface area contributed by atoms with Crippen LogP contribution in [-0.4, -0.2) is 41.9 Å². The number of carbonyl (C=O) groups is 4. The topological polar surface area (TPSA) is 116 Å². The van der Waals surface area contributed by atoms with Crippen molar-refractivity contribution < 1.29 is 29.0 Å². The molecule has 2 saturated heterocycles. The number of nitrogens with one attached hydrogen (secondary N) is 1. The van der Waals surface area contributed by atoms with Crippen LogP contribution in [0.25, 0.3) is 0 Å². The largest absolute Gasteiger partial charge is 0.491 e. The third-order valence-corrected chi connectivity index (χ3v) is 12.2. The van der Waals surface area contributed by atoms with E-state index in [4.69, 9.17) is 16.3 Å². The number of carbonyl (C=O) groups excluding carboxylic acids is 4. The van der Waals surface area contributed by atoms with Crippen LogP contribution in [0, 0.1) is 23.7 Å². The number of ether oxygens (including phenoxy) is 1. The summed E-state index contributed by atoms with van der Waals surface area (Å²) in [6, 6.07) is 40.4. The van der Waals surface area contributed by atoms with E-state index in [1.54, 1.807) is 42.5 Å². The van der Waals surface area contributed by atoms with Gasteiger partial charge in [0, 0.05) is 27.9 Å². The van der Waals surface area contributed by atoms with Crippen LogP contribution in [0.4, 0.5) is 22.7 Å². The van der Waals surface area contributed by atoms with Crippen LogP contribution in [0.3, 0.4) is 0 Å². The van der Waals surface area contributed by atoms with Gasteiger partial charge < -0.3 is 15.2 Å². The van der Waals surface area contributed by atoms with Gasteiger partial charge in [0.15, 0.2) is 0 Å². The number of aliphatic hydroxyl groups is 1. The highest BCUT2D eigenvalue weighted by molar-refractivity contribution is 6.32. The molecule has 280 valence electrons. The Balaban J connectivity index is 1.18. The minimum absolute atomic E-state index is 0.0157. The molecule has 5 aromatic rings. The van der Waals surface area contributed by atoms with Crippen LogP contribution >= 0.6 is 11.6 Å². The Morgan fingerprint density at radius 1 is 0.714 bits per heavy atom. The second-order valence-corrected chi connectivity index (χ2v) is 15.2. The molecule has 6 atom stereocenters. The summed E-state index contributed by atoms with van der Waals surface area (Å²) in [5, 5.41) is 13.5. The molecular formula is C46H38ClN3O6. The minimum Gasteiger partial charge on any atom is -0.491 e. The van der Waals surface area contributed by atoms with Crippen molar-refractivity contribution >= 4 is 58.0 Å². The monoisotopic (exact) mass is 763 g/mol. The Morgan fingerprint density at radius 3 is 2.14 bits per heavy atom. The molecule has 9 nitrogen and oxygen atoms in total. The molecule has 10 heteroatoms. The number of hydrogen-bond donors (Lipinski definition) is 2. The third kappa shape index (κ3) is 5.56. The molecule has 0 aromatic heterocycles. The van der Waals surface area contributed by atoms with Crippen molar-refractivity contribution in [1.82, 2.24) is 0 Å². The quantitative estimate of drug-likeness (QED) is 0.116. The maximum absolute atomic E-state index is 15.5. The molecule has 1 saturated carbocycles. The SMILES string of the molecule is O=C1[C@H]2[C@H](CC=C3[C@H]2C[C@H]2C(=O)N(c4cccc(Cl)c4)C(=O)[C@@]2(c2ccccc2)[C@H]3c2ccccc2OCCO)C(=O)N1c1ccc(Nc2ccccc2)cc1. The predicted molar refractivity (Wildman–Crippen MR) is 214 cm³/mol. The van der Waals surface area contributed by atoms with Crippen molar-refractivity contribution in [2.75, 3.05) is 28.3 Å². The Morgan fingerprint density at radius 2 is 1.41 bits per heavy atom. The van der Waals surface area contributed by atoms with Crippen LogP contribution in [0.1, 0.15) is 29.9 Å². The summed E-state index contributed by atoms with van der Waals surface area (Å²) in [6.45, 7) is -0.210. The molecule has 2 aliphatic carbocycles. The fraction of sp³-hybridized carbons (Fsp3) is 0.217. The zero-order chi connectivity index (χ0) is 38.6. The summed E-state index contributed by atoms with van der Waals surface area (Å²) in [6.07, 6.45) is 2.49. The number of benzene rings is 5. The van der Waals surface area contributed by atoms with Gasteiger partial charge in [-0.3, -0.25) is 24.1 Å². The number of allylic oxidation sites excluding steroid dienone is 2. The fourth-order valence-electron chi connectivity index (χ4n) is 9.73. The standard InChI is InChI=1S/C46H38ClN3O6/c47-29-12-9-15-33(26-29)50-43(53)38-27-37-34(41(35-16-7-8-17-39(35)56-25-24-51)46(38,45(50)55)28-10-3-1-4-11-28)22-23-36-40(37)44(54)49(42(36)52)32-20-18-31(19-21-32)48-30-13-5-2-6-14-30/h1-22,26,36-38,40-41,48,51H,23-25,27H2/t36-,37+,38-,40-,41+,46+/m0/s1. The Bertz CT molecular complexity index is 2390. The van der Waals surface area contributed by atoms with E-state index in [1.807, 2.05) is 97.1 Å². The van der Waals surface area contributed by atoms with Gasteiger partial charge >= 0.3 is 0 Å². The number of imide groups is 2. The molecule has 0 spiro atoms. The van der Waals surface area contributed by atoms with Crippen LogP contribution < -0.4 is 19.9 Å². The number of aliphatic hydroxyl groups excluding tert-OH is 1. The number of halogens is 1. The molecule has 4 aliphatic rings. The van der Waals surface area contributed by atoms with Crippen molar-refractivity contribution in [3.05, 3.63) is 161 Å². The minimum atomic E-state index is -1.44. The number of amides is 4. The molecule has 2 heterocycles. The van der Waals surface area contributed by atoms with Crippen molar-refractivity contribution in [3.63, 3.8) is 0 Å². The molecule has 0 bridgehead atoms. The van der Waals surface area contributed by atoms with Crippen LogP contribution in [0.15, 0.2) is 145 Å². The first-order valence-electron chi connectivity index (χ1n) is 18.8. The van der Waals surface area contributed by atoms with E-state index in [0.717, 1.165) is 16.9 Å². The van der Waals surface area contributed by atoms with Crippen LogP contribution in [0.2, 0.25) is 5.02 Å². The molecule has 2 N–H and O–H groups in total.